The van der Waals surface area contributed by atoms with Crippen molar-refractivity contribution in [3.63, 3.8) is 0 Å². The summed E-state index contributed by atoms with van der Waals surface area (Å²) < 4.78 is 12.6. The van der Waals surface area contributed by atoms with E-state index in [1.807, 2.05) is 17.2 Å². The average Bonchev–Trinajstić information content (AvgIpc) is 3.43. The summed E-state index contributed by atoms with van der Waals surface area (Å²) in [4.78, 5) is 20.3. The van der Waals surface area contributed by atoms with Crippen molar-refractivity contribution in [2.24, 2.45) is 5.16 Å². The molecule has 1 saturated heterocycles. The number of amides is 1. The Morgan fingerprint density at radius 3 is 2.72 bits per heavy atom. The maximum Gasteiger partial charge on any atom is 0.286 e. The third kappa shape index (κ3) is 4.79. The fraction of sp³-hybridized carbons (Fsp3) is 0.444. The number of pyridine rings is 1. The highest BCUT2D eigenvalue weighted by Gasteiger charge is 2.40. The quantitative estimate of drug-likeness (QED) is 0.320. The van der Waals surface area contributed by atoms with Gasteiger partial charge in [0.15, 0.2) is 0 Å². The van der Waals surface area contributed by atoms with Gasteiger partial charge in [-0.15, -0.1) is 16.5 Å². The van der Waals surface area contributed by atoms with Crippen LogP contribution in [-0.2, 0) is 15.7 Å². The Labute approximate surface area is 217 Å². The molecule has 3 heterocycles. The van der Waals surface area contributed by atoms with Crippen LogP contribution in [0.2, 0.25) is 18.1 Å². The largest absolute Gasteiger partial charge is 0.455 e. The molecule has 1 aliphatic heterocycles. The van der Waals surface area contributed by atoms with Crippen molar-refractivity contribution in [2.75, 3.05) is 31.6 Å². The number of morpholine rings is 1. The summed E-state index contributed by atoms with van der Waals surface area (Å²) in [6.07, 6.45) is 5.41. The van der Waals surface area contributed by atoms with Crippen LogP contribution in [0.3, 0.4) is 0 Å². The van der Waals surface area contributed by atoms with Crippen LogP contribution in [0, 0.1) is 0 Å². The van der Waals surface area contributed by atoms with Crippen molar-refractivity contribution < 1.29 is 14.1 Å². The zero-order chi connectivity index (χ0) is 25.5. The molecule has 36 heavy (non-hydrogen) atoms. The first-order valence-corrected chi connectivity index (χ1v) is 16.3. The van der Waals surface area contributed by atoms with Crippen LogP contribution >= 0.6 is 11.3 Å². The first-order valence-electron chi connectivity index (χ1n) is 12.5. The van der Waals surface area contributed by atoms with Crippen molar-refractivity contribution in [1.29, 1.82) is 0 Å². The van der Waals surface area contributed by atoms with Gasteiger partial charge in [-0.1, -0.05) is 26.8 Å². The van der Waals surface area contributed by atoms with Crippen LogP contribution in [0.1, 0.15) is 48.0 Å². The maximum atomic E-state index is 13.4. The van der Waals surface area contributed by atoms with Gasteiger partial charge in [-0.25, -0.2) is 0 Å². The van der Waals surface area contributed by atoms with Crippen molar-refractivity contribution in [3.8, 4) is 0 Å². The predicted octanol–water partition coefficient (Wildman–Crippen LogP) is 6.18. The molecule has 0 bridgehead atoms. The van der Waals surface area contributed by atoms with Crippen molar-refractivity contribution >= 4 is 52.7 Å². The molecule has 0 radical (unpaired) electrons. The Morgan fingerprint density at radius 2 is 1.97 bits per heavy atom. The van der Waals surface area contributed by atoms with Gasteiger partial charge in [0.05, 0.1) is 29.3 Å². The van der Waals surface area contributed by atoms with Crippen LogP contribution < -0.4 is 5.32 Å². The van der Waals surface area contributed by atoms with Crippen LogP contribution in [0.4, 0.5) is 11.4 Å². The number of anilines is 2. The highest BCUT2D eigenvalue weighted by molar-refractivity contribution is 7.21. The molecule has 0 unspecified atom stereocenters. The molecule has 1 N–H and O–H groups in total. The molecule has 1 fully saturated rings. The monoisotopic (exact) mass is 522 g/mol. The Hall–Kier alpha value is -2.75. The van der Waals surface area contributed by atoms with Crippen LogP contribution in [0.25, 0.3) is 10.1 Å². The first-order chi connectivity index (χ1) is 17.1. The minimum absolute atomic E-state index is 0.0420. The number of carbonyl (C=O) groups is 1. The van der Waals surface area contributed by atoms with Gasteiger partial charge < -0.3 is 19.5 Å². The molecule has 3 aromatic rings. The number of aryl methyl sites for hydroxylation is 1. The van der Waals surface area contributed by atoms with Gasteiger partial charge in [0.2, 0.25) is 0 Å². The minimum Gasteiger partial charge on any atom is -0.455 e. The minimum atomic E-state index is -1.95. The second-order valence-corrected chi connectivity index (χ2v) is 16.7. The van der Waals surface area contributed by atoms with Gasteiger partial charge in [0, 0.05) is 42.1 Å². The number of nitrogens with one attached hydrogen (secondary N) is 1. The lowest BCUT2D eigenvalue weighted by molar-refractivity contribution is 0.0307. The third-order valence-corrected chi connectivity index (χ3v) is 12.8. The van der Waals surface area contributed by atoms with Crippen molar-refractivity contribution in [1.82, 2.24) is 9.88 Å². The van der Waals surface area contributed by atoms with Gasteiger partial charge in [-0.05, 0) is 54.7 Å². The number of rotatable bonds is 5. The topological polar surface area (TPSA) is 76.0 Å². The number of hydrogen-bond donors (Lipinski definition) is 1. The number of carbonyl (C=O) groups excluding carboxylic acids is 1. The molecule has 2 aromatic heterocycles. The van der Waals surface area contributed by atoms with E-state index in [1.165, 1.54) is 16.9 Å². The second-order valence-electron chi connectivity index (χ2n) is 11.0. The molecule has 5 rings (SSSR count). The van der Waals surface area contributed by atoms with Crippen LogP contribution in [-0.4, -0.2) is 56.1 Å². The summed E-state index contributed by atoms with van der Waals surface area (Å²) in [6.45, 7) is 13.5. The van der Waals surface area contributed by atoms with Gasteiger partial charge >= 0.3 is 0 Å². The molecule has 0 spiro atoms. The van der Waals surface area contributed by atoms with Crippen LogP contribution in [0.5, 0.6) is 0 Å². The lowest BCUT2D eigenvalue weighted by atomic mass is 10.1. The van der Waals surface area contributed by atoms with Gasteiger partial charge in [-0.3, -0.25) is 9.78 Å². The van der Waals surface area contributed by atoms with Crippen LogP contribution in [0.15, 0.2) is 41.8 Å². The number of oxime groups is 1. The molecule has 0 saturated carbocycles. The zero-order valence-electron chi connectivity index (χ0n) is 21.7. The summed E-state index contributed by atoms with van der Waals surface area (Å²) in [5, 5.41) is 9.33. The van der Waals surface area contributed by atoms with E-state index < -0.39 is 8.32 Å². The van der Waals surface area contributed by atoms with Gasteiger partial charge in [0.25, 0.3) is 14.2 Å². The second kappa shape index (κ2) is 9.61. The fourth-order valence-electron chi connectivity index (χ4n) is 4.23. The van der Waals surface area contributed by atoms with E-state index >= 15 is 0 Å². The van der Waals surface area contributed by atoms with E-state index in [0.29, 0.717) is 31.2 Å². The number of thiophene rings is 1. The van der Waals surface area contributed by atoms with E-state index in [-0.39, 0.29) is 10.9 Å². The fourth-order valence-corrected chi connectivity index (χ4v) is 5.93. The number of ether oxygens (including phenoxy) is 1. The first kappa shape index (κ1) is 24.9. The molecule has 190 valence electrons. The average molecular weight is 523 g/mol. The lowest BCUT2D eigenvalue weighted by Crippen LogP contribution is -2.40. The van der Waals surface area contributed by atoms with Gasteiger partial charge in [-0.2, -0.15) is 0 Å². The Kier molecular flexibility index (Phi) is 6.65. The molecule has 0 atom stereocenters. The third-order valence-electron chi connectivity index (χ3n) is 7.49. The van der Waals surface area contributed by atoms with E-state index in [2.05, 4.69) is 67.5 Å². The molecular weight excluding hydrogens is 488 g/mol. The number of hydrogen-bond acceptors (Lipinski definition) is 7. The smallest absolute Gasteiger partial charge is 0.286 e. The Balaban J connectivity index is 1.42. The molecule has 9 heteroatoms. The molecule has 1 aromatic carbocycles. The Bertz CT molecular complexity index is 1320. The molecule has 1 aliphatic carbocycles. The molecular formula is C27H34N4O3SSi. The summed E-state index contributed by atoms with van der Waals surface area (Å²) >= 11 is 1.49. The Morgan fingerprint density at radius 1 is 1.19 bits per heavy atom. The standard InChI is InChI=1S/C27H34N4O3SSi/c1-27(2,3)36(4,5)34-30-22-9-6-18-16-19(7-8-20(18)22)29-24-21-10-11-28-17-23(21)35-25(24)26(32)31-12-14-33-15-13-31/h7-8,10-11,16-17,29H,6,9,12-15H2,1-5H3/b30-22-. The molecule has 2 aliphatic rings. The number of aromatic nitrogens is 1. The zero-order valence-corrected chi connectivity index (χ0v) is 23.5. The molecule has 1 amide bonds. The van der Waals surface area contributed by atoms with E-state index in [0.717, 1.165) is 45.6 Å². The molecule has 7 nitrogen and oxygen atoms in total. The normalized spacial score (nSPS) is 17.5. The predicted molar refractivity (Wildman–Crippen MR) is 149 cm³/mol. The van der Waals surface area contributed by atoms with E-state index in [9.17, 15) is 4.79 Å². The summed E-state index contributed by atoms with van der Waals surface area (Å²) in [7, 11) is -1.95. The number of nitrogens with zero attached hydrogens (tertiary/aromatic N) is 3. The highest BCUT2D eigenvalue weighted by Crippen LogP contribution is 2.39. The lowest BCUT2D eigenvalue weighted by Gasteiger charge is -2.33. The highest BCUT2D eigenvalue weighted by atomic mass is 32.1. The number of fused-ring (bicyclic) bond motifs is 2. The summed E-state index contributed by atoms with van der Waals surface area (Å²) in [5.41, 5.74) is 5.24. The summed E-state index contributed by atoms with van der Waals surface area (Å²) in [5.74, 6) is 0.0420. The van der Waals surface area contributed by atoms with E-state index in [1.54, 1.807) is 6.20 Å². The SMILES string of the molecule is CC(C)(C)[Si](C)(C)O/N=C1/CCc2cc(Nc3c(C(=O)N4CCOCC4)sc4cnccc34)ccc21. The van der Waals surface area contributed by atoms with Crippen molar-refractivity contribution in [3.05, 3.63) is 52.7 Å². The van der Waals surface area contributed by atoms with E-state index in [4.69, 9.17) is 9.26 Å². The van der Waals surface area contributed by atoms with Crippen molar-refractivity contribution in [2.45, 2.75) is 51.7 Å². The van der Waals surface area contributed by atoms with Gasteiger partial charge in [0.1, 0.15) is 4.88 Å². The maximum absolute atomic E-state index is 13.4. The number of benzene rings is 1. The summed E-state index contributed by atoms with van der Waals surface area (Å²) in [6, 6.07) is 8.34.